The van der Waals surface area contributed by atoms with Crippen LogP contribution in [0.5, 0.6) is 0 Å². The van der Waals surface area contributed by atoms with Crippen LogP contribution >= 0.6 is 0 Å². The van der Waals surface area contributed by atoms with E-state index in [1.165, 1.54) is 38.5 Å². The van der Waals surface area contributed by atoms with Crippen LogP contribution in [0.3, 0.4) is 0 Å². The molecule has 2 aliphatic carbocycles. The van der Waals surface area contributed by atoms with Crippen LogP contribution in [0.2, 0.25) is 0 Å². The highest BCUT2D eigenvalue weighted by molar-refractivity contribution is 4.99. The molecule has 0 saturated heterocycles. The number of rotatable bonds is 0. The van der Waals surface area contributed by atoms with Gasteiger partial charge in [-0.3, -0.25) is 0 Å². The summed E-state index contributed by atoms with van der Waals surface area (Å²) in [5.41, 5.74) is 0.606. The van der Waals surface area contributed by atoms with E-state index in [1.54, 1.807) is 0 Å². The Morgan fingerprint density at radius 1 is 1.00 bits per heavy atom. The standard InChI is InChI=1S/C13H24O/c1-12(2)8-9-13(3)7-5-4-6-10(13)11(12)14/h10-11,14H,4-9H2,1-3H3. The molecule has 2 saturated carbocycles. The Morgan fingerprint density at radius 2 is 1.71 bits per heavy atom. The molecule has 14 heavy (non-hydrogen) atoms. The fourth-order valence-corrected chi connectivity index (χ4v) is 3.58. The fourth-order valence-electron chi connectivity index (χ4n) is 3.58. The average molecular weight is 196 g/mol. The molecule has 0 heterocycles. The maximum atomic E-state index is 10.4. The summed E-state index contributed by atoms with van der Waals surface area (Å²) in [6.45, 7) is 6.85. The summed E-state index contributed by atoms with van der Waals surface area (Å²) in [6, 6.07) is 0. The number of hydrogen-bond acceptors (Lipinski definition) is 1. The maximum absolute atomic E-state index is 10.4. The van der Waals surface area contributed by atoms with Gasteiger partial charge in [-0.05, 0) is 42.4 Å². The van der Waals surface area contributed by atoms with Crippen molar-refractivity contribution in [2.75, 3.05) is 0 Å². The van der Waals surface area contributed by atoms with Gasteiger partial charge in [-0.2, -0.15) is 0 Å². The molecule has 2 aliphatic rings. The minimum Gasteiger partial charge on any atom is -0.392 e. The summed E-state index contributed by atoms with van der Waals surface area (Å²) in [4.78, 5) is 0. The minimum absolute atomic E-state index is 0.0680. The summed E-state index contributed by atoms with van der Waals surface area (Å²) in [6.07, 6.45) is 7.74. The topological polar surface area (TPSA) is 20.2 Å². The molecule has 0 aromatic heterocycles. The third kappa shape index (κ3) is 1.50. The minimum atomic E-state index is -0.0680. The Labute approximate surface area is 87.9 Å². The van der Waals surface area contributed by atoms with Crippen molar-refractivity contribution < 1.29 is 5.11 Å². The zero-order valence-corrected chi connectivity index (χ0v) is 9.84. The van der Waals surface area contributed by atoms with Gasteiger partial charge in [0, 0.05) is 0 Å². The van der Waals surface area contributed by atoms with Crippen molar-refractivity contribution in [3.05, 3.63) is 0 Å². The fraction of sp³-hybridized carbons (Fsp3) is 1.00. The molecule has 0 bridgehead atoms. The molecule has 1 heteroatoms. The second-order valence-corrected chi connectivity index (χ2v) is 6.44. The van der Waals surface area contributed by atoms with Crippen molar-refractivity contribution in [1.29, 1.82) is 0 Å². The van der Waals surface area contributed by atoms with Gasteiger partial charge in [-0.1, -0.05) is 33.6 Å². The molecule has 0 radical (unpaired) electrons. The van der Waals surface area contributed by atoms with E-state index < -0.39 is 0 Å². The van der Waals surface area contributed by atoms with E-state index in [0.717, 1.165) is 0 Å². The molecule has 1 nitrogen and oxygen atoms in total. The number of hydrogen-bond donors (Lipinski definition) is 1. The van der Waals surface area contributed by atoms with Crippen LogP contribution < -0.4 is 0 Å². The van der Waals surface area contributed by atoms with E-state index in [4.69, 9.17) is 0 Å². The molecule has 2 fully saturated rings. The third-order valence-corrected chi connectivity index (χ3v) is 4.93. The van der Waals surface area contributed by atoms with Gasteiger partial charge in [0.2, 0.25) is 0 Å². The quantitative estimate of drug-likeness (QED) is 0.630. The third-order valence-electron chi connectivity index (χ3n) is 4.93. The van der Waals surface area contributed by atoms with Crippen molar-refractivity contribution in [3.63, 3.8) is 0 Å². The summed E-state index contributed by atoms with van der Waals surface area (Å²) in [5, 5.41) is 10.4. The van der Waals surface area contributed by atoms with Crippen molar-refractivity contribution in [1.82, 2.24) is 0 Å². The Bertz CT molecular complexity index is 221. The highest BCUT2D eigenvalue weighted by Crippen LogP contribution is 2.55. The Balaban J connectivity index is 2.20. The van der Waals surface area contributed by atoms with Crippen LogP contribution in [-0.2, 0) is 0 Å². The molecule has 3 unspecified atom stereocenters. The van der Waals surface area contributed by atoms with E-state index in [2.05, 4.69) is 20.8 Å². The first-order valence-corrected chi connectivity index (χ1v) is 6.14. The second-order valence-electron chi connectivity index (χ2n) is 6.44. The maximum Gasteiger partial charge on any atom is 0.0624 e. The Morgan fingerprint density at radius 3 is 2.43 bits per heavy atom. The molecule has 0 aromatic rings. The van der Waals surface area contributed by atoms with Gasteiger partial charge in [-0.25, -0.2) is 0 Å². The molecule has 0 aliphatic heterocycles. The van der Waals surface area contributed by atoms with Crippen LogP contribution in [0.15, 0.2) is 0 Å². The predicted octanol–water partition coefficient (Wildman–Crippen LogP) is 3.36. The van der Waals surface area contributed by atoms with Crippen molar-refractivity contribution in [2.45, 2.75) is 65.4 Å². The van der Waals surface area contributed by atoms with E-state index in [1.807, 2.05) is 0 Å². The Hall–Kier alpha value is -0.0400. The van der Waals surface area contributed by atoms with E-state index in [-0.39, 0.29) is 11.5 Å². The molecule has 1 N–H and O–H groups in total. The molecule has 0 aromatic carbocycles. The van der Waals surface area contributed by atoms with E-state index in [0.29, 0.717) is 11.3 Å². The smallest absolute Gasteiger partial charge is 0.0624 e. The van der Waals surface area contributed by atoms with Crippen LogP contribution in [0, 0.1) is 16.7 Å². The predicted molar refractivity (Wildman–Crippen MR) is 59.1 cm³/mol. The lowest BCUT2D eigenvalue weighted by Crippen LogP contribution is -2.50. The SMILES string of the molecule is CC1(C)CCC2(C)CCCCC2C1O. The number of aliphatic hydroxyl groups is 1. The molecular formula is C13H24O. The monoisotopic (exact) mass is 196 g/mol. The molecular weight excluding hydrogens is 172 g/mol. The van der Waals surface area contributed by atoms with Crippen molar-refractivity contribution >= 4 is 0 Å². The summed E-state index contributed by atoms with van der Waals surface area (Å²) >= 11 is 0. The van der Waals surface area contributed by atoms with Gasteiger partial charge >= 0.3 is 0 Å². The van der Waals surface area contributed by atoms with Crippen LogP contribution in [0.4, 0.5) is 0 Å². The normalized spacial score (nSPS) is 47.1. The second kappa shape index (κ2) is 3.23. The zero-order valence-electron chi connectivity index (χ0n) is 9.84. The molecule has 82 valence electrons. The number of fused-ring (bicyclic) bond motifs is 1. The first-order chi connectivity index (χ1) is 6.46. The highest BCUT2D eigenvalue weighted by Gasteiger charge is 2.49. The summed E-state index contributed by atoms with van der Waals surface area (Å²) in [5.74, 6) is 0.569. The van der Waals surface area contributed by atoms with Crippen LogP contribution in [0.25, 0.3) is 0 Å². The van der Waals surface area contributed by atoms with Gasteiger partial charge < -0.3 is 5.11 Å². The van der Waals surface area contributed by atoms with Crippen LogP contribution in [0.1, 0.15) is 59.3 Å². The first kappa shape index (κ1) is 10.5. The van der Waals surface area contributed by atoms with Gasteiger partial charge in [0.1, 0.15) is 0 Å². The molecule has 2 rings (SSSR count). The lowest BCUT2D eigenvalue weighted by molar-refractivity contribution is -0.112. The lowest BCUT2D eigenvalue weighted by atomic mass is 9.53. The van der Waals surface area contributed by atoms with Gasteiger partial charge in [-0.15, -0.1) is 0 Å². The number of aliphatic hydroxyl groups excluding tert-OH is 1. The average Bonchev–Trinajstić information content (AvgIpc) is 2.13. The van der Waals surface area contributed by atoms with Gasteiger partial charge in [0.15, 0.2) is 0 Å². The largest absolute Gasteiger partial charge is 0.392 e. The van der Waals surface area contributed by atoms with Crippen LogP contribution in [-0.4, -0.2) is 11.2 Å². The summed E-state index contributed by atoms with van der Waals surface area (Å²) in [7, 11) is 0. The van der Waals surface area contributed by atoms with Crippen molar-refractivity contribution in [2.24, 2.45) is 16.7 Å². The van der Waals surface area contributed by atoms with E-state index >= 15 is 0 Å². The highest BCUT2D eigenvalue weighted by atomic mass is 16.3. The van der Waals surface area contributed by atoms with Gasteiger partial charge in [0.05, 0.1) is 6.10 Å². The summed E-state index contributed by atoms with van der Waals surface area (Å²) < 4.78 is 0. The zero-order chi connectivity index (χ0) is 10.4. The molecule has 3 atom stereocenters. The molecule has 0 amide bonds. The lowest BCUT2D eigenvalue weighted by Gasteiger charge is -2.53. The molecule has 0 spiro atoms. The van der Waals surface area contributed by atoms with E-state index in [9.17, 15) is 5.11 Å². The Kier molecular flexibility index (Phi) is 2.42. The van der Waals surface area contributed by atoms with Crippen molar-refractivity contribution in [3.8, 4) is 0 Å². The van der Waals surface area contributed by atoms with Gasteiger partial charge in [0.25, 0.3) is 0 Å². The first-order valence-electron chi connectivity index (χ1n) is 6.14.